The predicted molar refractivity (Wildman–Crippen MR) is 131 cm³/mol. The topological polar surface area (TPSA) is 145 Å². The van der Waals surface area contributed by atoms with Crippen molar-refractivity contribution in [3.05, 3.63) is 33.3 Å². The van der Waals surface area contributed by atoms with Gasteiger partial charge in [-0.3, -0.25) is 4.57 Å². The van der Waals surface area contributed by atoms with Crippen molar-refractivity contribution in [2.75, 3.05) is 0 Å². The number of aliphatic hydroxyl groups excluding tert-OH is 2. The number of nitrogens with one attached hydrogen (secondary N) is 1. The Morgan fingerprint density at radius 2 is 1.82 bits per heavy atom. The molecule has 2 aromatic heterocycles. The van der Waals surface area contributed by atoms with Gasteiger partial charge in [-0.25, -0.2) is 9.37 Å². The maximum atomic E-state index is 15.0. The zero-order chi connectivity index (χ0) is 29.0. The van der Waals surface area contributed by atoms with Crippen LogP contribution < -0.4 is 0 Å². The standard InChI is InChI=1S/C23H31F4N2O7PS/c1-6-21(4,36-37(33,34)22(5,32)7-2)9-13-15(30)16(31)17(35-13)12-8-11-14(24)10(3)18(23(25,26)27)28-19(11)29-20(12)38/h8,13,15-17,30-32H,6-7,9H2,1-5H3,(H,33,34)(H,28,29,38). The van der Waals surface area contributed by atoms with Gasteiger partial charge in [0.15, 0.2) is 11.0 Å². The first-order valence-electron chi connectivity index (χ1n) is 11.9. The van der Waals surface area contributed by atoms with Crippen LogP contribution in [0.15, 0.2) is 6.07 Å². The molecular weight excluding hydrogens is 555 g/mol. The summed E-state index contributed by atoms with van der Waals surface area (Å²) in [4.78, 5) is 16.3. The second-order valence-corrected chi connectivity index (χ2v) is 12.6. The summed E-state index contributed by atoms with van der Waals surface area (Å²) in [7, 11) is -4.55. The molecule has 1 aliphatic heterocycles. The maximum absolute atomic E-state index is 15.0. The second-order valence-electron chi connectivity index (χ2n) is 9.98. The van der Waals surface area contributed by atoms with E-state index in [-0.39, 0.29) is 34.9 Å². The molecule has 3 rings (SSSR count). The van der Waals surface area contributed by atoms with Crippen molar-refractivity contribution in [3.63, 3.8) is 0 Å². The molecule has 0 aromatic carbocycles. The zero-order valence-electron chi connectivity index (χ0n) is 21.3. The van der Waals surface area contributed by atoms with Crippen LogP contribution in [0, 0.1) is 17.4 Å². The van der Waals surface area contributed by atoms with E-state index in [0.717, 1.165) is 13.0 Å². The van der Waals surface area contributed by atoms with Crippen LogP contribution in [0.4, 0.5) is 17.6 Å². The van der Waals surface area contributed by atoms with Crippen LogP contribution in [0.1, 0.15) is 69.9 Å². The number of aromatic amines is 1. The first-order valence-corrected chi connectivity index (χ1v) is 13.8. The number of H-pyrrole nitrogens is 1. The van der Waals surface area contributed by atoms with Gasteiger partial charge in [-0.15, -0.1) is 0 Å². The molecule has 1 fully saturated rings. The highest BCUT2D eigenvalue weighted by atomic mass is 32.1. The molecule has 1 aliphatic rings. The van der Waals surface area contributed by atoms with Gasteiger partial charge in [0, 0.05) is 17.5 Å². The lowest BCUT2D eigenvalue weighted by Gasteiger charge is -2.37. The lowest BCUT2D eigenvalue weighted by molar-refractivity contribution is -0.141. The Kier molecular flexibility index (Phi) is 8.55. The molecule has 0 saturated carbocycles. The highest BCUT2D eigenvalue weighted by Gasteiger charge is 2.50. The molecule has 0 bridgehead atoms. The smallest absolute Gasteiger partial charge is 0.388 e. The number of fused-ring (bicyclic) bond motifs is 1. The normalized spacial score (nSPS) is 27.2. The molecule has 15 heteroatoms. The van der Waals surface area contributed by atoms with E-state index in [1.54, 1.807) is 6.92 Å². The molecule has 0 radical (unpaired) electrons. The van der Waals surface area contributed by atoms with Crippen molar-refractivity contribution < 1.29 is 51.6 Å². The van der Waals surface area contributed by atoms with Crippen molar-refractivity contribution in [2.24, 2.45) is 0 Å². The van der Waals surface area contributed by atoms with Crippen LogP contribution in [0.25, 0.3) is 11.0 Å². The molecule has 1 saturated heterocycles. The number of halogens is 4. The third kappa shape index (κ3) is 5.68. The summed E-state index contributed by atoms with van der Waals surface area (Å²) in [5.41, 5.74) is -3.96. The number of aliphatic hydroxyl groups is 3. The molecule has 38 heavy (non-hydrogen) atoms. The third-order valence-electron chi connectivity index (χ3n) is 7.13. The zero-order valence-corrected chi connectivity index (χ0v) is 23.0. The molecule has 0 aliphatic carbocycles. The summed E-state index contributed by atoms with van der Waals surface area (Å²) >= 11 is 5.22. The summed E-state index contributed by atoms with van der Waals surface area (Å²) in [6, 6.07) is 1.11. The molecule has 214 valence electrons. The summed E-state index contributed by atoms with van der Waals surface area (Å²) in [6.45, 7) is 6.76. The van der Waals surface area contributed by atoms with E-state index in [4.69, 9.17) is 21.5 Å². The molecule has 3 heterocycles. The van der Waals surface area contributed by atoms with Gasteiger partial charge < -0.3 is 34.5 Å². The maximum Gasteiger partial charge on any atom is 0.433 e. The van der Waals surface area contributed by atoms with E-state index in [1.165, 1.54) is 20.8 Å². The van der Waals surface area contributed by atoms with Crippen LogP contribution in [0.2, 0.25) is 0 Å². The Morgan fingerprint density at radius 3 is 2.34 bits per heavy atom. The molecule has 2 aromatic rings. The Hall–Kier alpha value is -1.51. The van der Waals surface area contributed by atoms with Gasteiger partial charge in [-0.1, -0.05) is 26.1 Å². The van der Waals surface area contributed by atoms with Crippen LogP contribution >= 0.6 is 19.8 Å². The van der Waals surface area contributed by atoms with Gasteiger partial charge in [0.25, 0.3) is 0 Å². The number of nitrogens with zero attached hydrogens (tertiary/aromatic N) is 1. The number of alkyl halides is 3. The quantitative estimate of drug-likeness (QED) is 0.167. The average Bonchev–Trinajstić information content (AvgIpc) is 3.07. The van der Waals surface area contributed by atoms with Crippen LogP contribution in [0.5, 0.6) is 0 Å². The second kappa shape index (κ2) is 10.5. The van der Waals surface area contributed by atoms with Crippen molar-refractivity contribution in [1.29, 1.82) is 0 Å². The van der Waals surface area contributed by atoms with Crippen molar-refractivity contribution >= 4 is 30.8 Å². The molecular formula is C23H31F4N2O7PS. The van der Waals surface area contributed by atoms with Gasteiger partial charge in [-0.05, 0) is 39.7 Å². The van der Waals surface area contributed by atoms with Gasteiger partial charge in [0.1, 0.15) is 34.4 Å². The van der Waals surface area contributed by atoms with Crippen LogP contribution in [-0.4, -0.2) is 59.4 Å². The van der Waals surface area contributed by atoms with E-state index in [0.29, 0.717) is 0 Å². The van der Waals surface area contributed by atoms with Crippen molar-refractivity contribution in [1.82, 2.24) is 9.97 Å². The fourth-order valence-electron chi connectivity index (χ4n) is 4.22. The number of aromatic nitrogens is 2. The van der Waals surface area contributed by atoms with Crippen molar-refractivity contribution in [3.8, 4) is 0 Å². The first kappa shape index (κ1) is 31.0. The molecule has 0 amide bonds. The fourth-order valence-corrected chi connectivity index (χ4v) is 5.89. The Balaban J connectivity index is 1.96. The molecule has 7 atom stereocenters. The molecule has 5 N–H and O–H groups in total. The number of hydrogen-bond acceptors (Lipinski definition) is 8. The fraction of sp³-hybridized carbons (Fsp3) is 0.652. The highest BCUT2D eigenvalue weighted by Crippen LogP contribution is 2.59. The number of ether oxygens (including phenoxy) is 1. The van der Waals surface area contributed by atoms with Crippen LogP contribution in [-0.2, 0) is 20.0 Å². The highest BCUT2D eigenvalue weighted by molar-refractivity contribution is 7.71. The summed E-state index contributed by atoms with van der Waals surface area (Å²) < 4.78 is 78.7. The average molecular weight is 587 g/mol. The first-order chi connectivity index (χ1) is 17.3. The molecule has 0 spiro atoms. The largest absolute Gasteiger partial charge is 0.433 e. The third-order valence-corrected chi connectivity index (χ3v) is 9.69. The summed E-state index contributed by atoms with van der Waals surface area (Å²) in [5.74, 6) is -1.19. The SMILES string of the molecule is CCC(C)(CC1OC(c2cc3c(F)c(C)c(C(F)(F)F)nc3[nH]c2=S)C(O)C1O)OP(=O)(O)C(C)(O)CC. The Morgan fingerprint density at radius 1 is 1.21 bits per heavy atom. The predicted octanol–water partition coefficient (Wildman–Crippen LogP) is 4.80. The summed E-state index contributed by atoms with van der Waals surface area (Å²) in [6.07, 6.45) is -10.6. The van der Waals surface area contributed by atoms with E-state index < -0.39 is 71.9 Å². The number of pyridine rings is 2. The van der Waals surface area contributed by atoms with Crippen LogP contribution in [0.3, 0.4) is 0 Å². The summed E-state index contributed by atoms with van der Waals surface area (Å²) in [5, 5.41) is 29.4. The molecule has 9 nitrogen and oxygen atoms in total. The van der Waals surface area contributed by atoms with Gasteiger partial charge in [-0.2, -0.15) is 13.2 Å². The Bertz CT molecular complexity index is 1320. The number of rotatable bonds is 8. The lowest BCUT2D eigenvalue weighted by atomic mass is 9.92. The van der Waals surface area contributed by atoms with Gasteiger partial charge >= 0.3 is 13.8 Å². The van der Waals surface area contributed by atoms with E-state index in [2.05, 4.69) is 9.97 Å². The lowest BCUT2D eigenvalue weighted by Crippen LogP contribution is -2.40. The van der Waals surface area contributed by atoms with E-state index in [1.807, 2.05) is 0 Å². The van der Waals surface area contributed by atoms with E-state index in [9.17, 15) is 42.3 Å². The van der Waals surface area contributed by atoms with E-state index >= 15 is 0 Å². The van der Waals surface area contributed by atoms with Crippen molar-refractivity contribution in [2.45, 2.75) is 95.4 Å². The minimum absolute atomic E-state index is 0.00211. The Labute approximate surface area is 221 Å². The monoisotopic (exact) mass is 586 g/mol. The number of hydrogen-bond donors (Lipinski definition) is 5. The van der Waals surface area contributed by atoms with Gasteiger partial charge in [0.05, 0.1) is 17.1 Å². The minimum Gasteiger partial charge on any atom is -0.388 e. The molecule has 7 unspecified atom stereocenters. The van der Waals surface area contributed by atoms with Gasteiger partial charge in [0.2, 0.25) is 0 Å². The minimum atomic E-state index is -4.90.